The lowest BCUT2D eigenvalue weighted by atomic mass is 10.0. The highest BCUT2D eigenvalue weighted by Crippen LogP contribution is 2.05. The summed E-state index contributed by atoms with van der Waals surface area (Å²) in [5, 5.41) is 25.0. The number of amides is 3. The SMILES string of the molecule is CSCCC(NC(=O)C(N)CCC(=O)O)C(=O)NCC(=O)NC(CC(C)C)C(=O)O. The fourth-order valence-corrected chi connectivity index (χ4v) is 2.89. The highest BCUT2D eigenvalue weighted by atomic mass is 32.2. The van der Waals surface area contributed by atoms with Crippen molar-refractivity contribution < 1.29 is 34.2 Å². The van der Waals surface area contributed by atoms with E-state index < -0.39 is 54.3 Å². The molecule has 0 aliphatic heterocycles. The van der Waals surface area contributed by atoms with Crippen LogP contribution in [0.4, 0.5) is 0 Å². The van der Waals surface area contributed by atoms with Gasteiger partial charge in [0.25, 0.3) is 0 Å². The van der Waals surface area contributed by atoms with Crippen LogP contribution in [0.15, 0.2) is 0 Å². The molecule has 0 fully saturated rings. The van der Waals surface area contributed by atoms with Crippen LogP contribution < -0.4 is 21.7 Å². The van der Waals surface area contributed by atoms with Gasteiger partial charge in [0, 0.05) is 6.42 Å². The second-order valence-electron chi connectivity index (χ2n) is 7.19. The molecule has 11 nitrogen and oxygen atoms in total. The van der Waals surface area contributed by atoms with Gasteiger partial charge in [-0.25, -0.2) is 4.79 Å². The van der Waals surface area contributed by atoms with Crippen LogP contribution in [-0.4, -0.2) is 76.6 Å². The van der Waals surface area contributed by atoms with E-state index in [1.54, 1.807) is 0 Å². The van der Waals surface area contributed by atoms with Gasteiger partial charge in [0.1, 0.15) is 12.1 Å². The van der Waals surface area contributed by atoms with Crippen LogP contribution in [-0.2, 0) is 24.0 Å². The first-order valence-corrected chi connectivity index (χ1v) is 10.9. The van der Waals surface area contributed by atoms with E-state index in [4.69, 9.17) is 15.9 Å². The number of carbonyl (C=O) groups excluding carboxylic acids is 3. The van der Waals surface area contributed by atoms with Crippen LogP contribution in [0.25, 0.3) is 0 Å². The molecule has 12 heteroatoms. The molecule has 0 aliphatic carbocycles. The van der Waals surface area contributed by atoms with Crippen LogP contribution in [0.3, 0.4) is 0 Å². The molecule has 172 valence electrons. The first kappa shape index (κ1) is 27.7. The van der Waals surface area contributed by atoms with Gasteiger partial charge in [0.05, 0.1) is 12.6 Å². The number of nitrogens with two attached hydrogens (primary N) is 1. The maximum atomic E-state index is 12.4. The third kappa shape index (κ3) is 12.3. The van der Waals surface area contributed by atoms with E-state index in [1.807, 2.05) is 20.1 Å². The maximum Gasteiger partial charge on any atom is 0.326 e. The summed E-state index contributed by atoms with van der Waals surface area (Å²) >= 11 is 1.45. The van der Waals surface area contributed by atoms with Gasteiger partial charge in [-0.1, -0.05) is 13.8 Å². The number of hydrogen-bond donors (Lipinski definition) is 6. The van der Waals surface area contributed by atoms with Crippen molar-refractivity contribution in [3.05, 3.63) is 0 Å². The minimum atomic E-state index is -1.16. The van der Waals surface area contributed by atoms with Gasteiger partial charge >= 0.3 is 11.9 Å². The number of nitrogens with one attached hydrogen (secondary N) is 3. The largest absolute Gasteiger partial charge is 0.481 e. The molecule has 0 aliphatic rings. The molecule has 0 saturated heterocycles. The van der Waals surface area contributed by atoms with Crippen molar-refractivity contribution in [2.45, 2.75) is 57.7 Å². The summed E-state index contributed by atoms with van der Waals surface area (Å²) in [4.78, 5) is 58.4. The Labute approximate surface area is 179 Å². The van der Waals surface area contributed by atoms with Crippen LogP contribution in [0.5, 0.6) is 0 Å². The fraction of sp³-hybridized carbons (Fsp3) is 0.722. The number of hydrogen-bond acceptors (Lipinski definition) is 7. The van der Waals surface area contributed by atoms with E-state index in [0.717, 1.165) is 0 Å². The number of thioether (sulfide) groups is 1. The predicted octanol–water partition coefficient (Wildman–Crippen LogP) is -0.852. The lowest BCUT2D eigenvalue weighted by molar-refractivity contribution is -0.142. The molecule has 0 aromatic rings. The first-order chi connectivity index (χ1) is 14.0. The average Bonchev–Trinajstić information content (AvgIpc) is 2.66. The highest BCUT2D eigenvalue weighted by molar-refractivity contribution is 7.98. The molecule has 7 N–H and O–H groups in total. The zero-order valence-corrected chi connectivity index (χ0v) is 18.3. The number of carboxylic acid groups (broad SMARTS) is 2. The van der Waals surface area contributed by atoms with Crippen molar-refractivity contribution in [2.75, 3.05) is 18.6 Å². The Bertz CT molecular complexity index is 615. The van der Waals surface area contributed by atoms with Crippen LogP contribution >= 0.6 is 11.8 Å². The van der Waals surface area contributed by atoms with E-state index in [9.17, 15) is 24.0 Å². The summed E-state index contributed by atoms with van der Waals surface area (Å²) in [5.41, 5.74) is 5.66. The Kier molecular flexibility index (Phi) is 13.5. The molecule has 3 unspecified atom stereocenters. The minimum Gasteiger partial charge on any atom is -0.481 e. The summed E-state index contributed by atoms with van der Waals surface area (Å²) in [6.45, 7) is 3.20. The smallest absolute Gasteiger partial charge is 0.326 e. The Morgan fingerprint density at radius 3 is 2.10 bits per heavy atom. The predicted molar refractivity (Wildman–Crippen MR) is 112 cm³/mol. The summed E-state index contributed by atoms with van der Waals surface area (Å²) < 4.78 is 0. The number of rotatable bonds is 15. The molecule has 0 radical (unpaired) electrons. The monoisotopic (exact) mass is 448 g/mol. The zero-order chi connectivity index (χ0) is 23.3. The lowest BCUT2D eigenvalue weighted by Gasteiger charge is -2.21. The first-order valence-electron chi connectivity index (χ1n) is 9.54. The number of carbonyl (C=O) groups is 5. The van der Waals surface area contributed by atoms with Crippen molar-refractivity contribution in [3.8, 4) is 0 Å². The van der Waals surface area contributed by atoms with Gasteiger partial charge in [0.15, 0.2) is 0 Å². The molecular weight excluding hydrogens is 416 g/mol. The van der Waals surface area contributed by atoms with Gasteiger partial charge < -0.3 is 31.9 Å². The van der Waals surface area contributed by atoms with Crippen molar-refractivity contribution in [1.82, 2.24) is 16.0 Å². The second-order valence-corrected chi connectivity index (χ2v) is 8.17. The van der Waals surface area contributed by atoms with E-state index in [2.05, 4.69) is 16.0 Å². The minimum absolute atomic E-state index is 0.0532. The fourth-order valence-electron chi connectivity index (χ4n) is 2.42. The van der Waals surface area contributed by atoms with E-state index in [-0.39, 0.29) is 31.6 Å². The molecule has 3 amide bonds. The standard InChI is InChI=1S/C18H32N4O7S/c1-10(2)8-13(18(28)29)21-14(23)9-20-17(27)12(6-7-30-3)22-16(26)11(19)4-5-15(24)25/h10-13H,4-9,19H2,1-3H3,(H,20,27)(H,21,23)(H,22,26)(H,24,25)(H,28,29). The third-order valence-electron chi connectivity index (χ3n) is 4.01. The maximum absolute atomic E-state index is 12.4. The summed E-state index contributed by atoms with van der Waals surface area (Å²) in [6.07, 6.45) is 1.99. The molecule has 3 atom stereocenters. The molecule has 0 heterocycles. The van der Waals surface area contributed by atoms with Crippen molar-refractivity contribution in [3.63, 3.8) is 0 Å². The Morgan fingerprint density at radius 2 is 1.60 bits per heavy atom. The molecule has 0 saturated carbocycles. The van der Waals surface area contributed by atoms with E-state index in [1.165, 1.54) is 11.8 Å². The summed E-state index contributed by atoms with van der Waals surface area (Å²) in [5.74, 6) is -3.59. The van der Waals surface area contributed by atoms with Gasteiger partial charge in [0.2, 0.25) is 17.7 Å². The van der Waals surface area contributed by atoms with Gasteiger partial charge in [-0.2, -0.15) is 11.8 Å². The number of carboxylic acids is 2. The highest BCUT2D eigenvalue weighted by Gasteiger charge is 2.25. The van der Waals surface area contributed by atoms with Crippen LogP contribution in [0, 0.1) is 5.92 Å². The van der Waals surface area contributed by atoms with Gasteiger partial charge in [-0.05, 0) is 37.2 Å². The quantitative estimate of drug-likeness (QED) is 0.185. The van der Waals surface area contributed by atoms with Crippen molar-refractivity contribution in [2.24, 2.45) is 11.7 Å². The molecular formula is C18H32N4O7S. The van der Waals surface area contributed by atoms with Crippen LogP contribution in [0.1, 0.15) is 39.5 Å². The molecule has 0 spiro atoms. The van der Waals surface area contributed by atoms with Gasteiger partial charge in [-0.3, -0.25) is 19.2 Å². The van der Waals surface area contributed by atoms with Crippen molar-refractivity contribution in [1.29, 1.82) is 0 Å². The third-order valence-corrected chi connectivity index (χ3v) is 4.66. The van der Waals surface area contributed by atoms with Gasteiger partial charge in [-0.15, -0.1) is 0 Å². The molecule has 0 aromatic heterocycles. The Hall–Kier alpha value is -2.34. The zero-order valence-electron chi connectivity index (χ0n) is 17.5. The summed E-state index contributed by atoms with van der Waals surface area (Å²) in [7, 11) is 0. The topological polar surface area (TPSA) is 188 Å². The summed E-state index contributed by atoms with van der Waals surface area (Å²) in [6, 6.07) is -3.10. The normalized spacial score (nSPS) is 13.8. The Morgan fingerprint density at radius 1 is 0.967 bits per heavy atom. The Balaban J connectivity index is 4.78. The van der Waals surface area contributed by atoms with Crippen LogP contribution in [0.2, 0.25) is 0 Å². The van der Waals surface area contributed by atoms with E-state index >= 15 is 0 Å². The molecule has 0 aromatic carbocycles. The lowest BCUT2D eigenvalue weighted by Crippen LogP contribution is -2.53. The number of aliphatic carboxylic acids is 2. The molecule has 30 heavy (non-hydrogen) atoms. The molecule has 0 bridgehead atoms. The van der Waals surface area contributed by atoms with Crippen molar-refractivity contribution >= 4 is 41.4 Å². The van der Waals surface area contributed by atoms with E-state index in [0.29, 0.717) is 5.75 Å². The second kappa shape index (κ2) is 14.6. The average molecular weight is 449 g/mol. The molecule has 0 rings (SSSR count).